The molecular weight excluding hydrogens is 226 g/mol. The van der Waals surface area contributed by atoms with Crippen LogP contribution in [0.5, 0.6) is 0 Å². The Morgan fingerprint density at radius 1 is 1.31 bits per heavy atom. The van der Waals surface area contributed by atoms with Gasteiger partial charge in [0.1, 0.15) is 0 Å². The first-order valence-electron chi connectivity index (χ1n) is 6.03. The van der Waals surface area contributed by atoms with Gasteiger partial charge in [-0.25, -0.2) is 13.1 Å². The molecule has 0 aliphatic heterocycles. The molecule has 1 aliphatic rings. The van der Waals surface area contributed by atoms with Crippen molar-refractivity contribution in [2.24, 2.45) is 5.92 Å². The van der Waals surface area contributed by atoms with Crippen molar-refractivity contribution < 1.29 is 13.2 Å². The van der Waals surface area contributed by atoms with Gasteiger partial charge in [0.2, 0.25) is 10.0 Å². The van der Waals surface area contributed by atoms with Gasteiger partial charge in [-0.3, -0.25) is 0 Å². The van der Waals surface area contributed by atoms with Gasteiger partial charge in [0.05, 0.1) is 11.9 Å². The Morgan fingerprint density at radius 2 is 1.94 bits per heavy atom. The van der Waals surface area contributed by atoms with E-state index in [1.807, 2.05) is 6.92 Å². The molecule has 1 fully saturated rings. The minimum Gasteiger partial charge on any atom is -0.380 e. The molecule has 0 aromatic rings. The van der Waals surface area contributed by atoms with Crippen LogP contribution < -0.4 is 4.72 Å². The van der Waals surface area contributed by atoms with Gasteiger partial charge in [0.25, 0.3) is 0 Å². The second kappa shape index (κ2) is 6.57. The van der Waals surface area contributed by atoms with Crippen LogP contribution in [0.15, 0.2) is 0 Å². The Kier molecular flexibility index (Phi) is 5.72. The fraction of sp³-hybridized carbons (Fsp3) is 1.00. The number of hydrogen-bond acceptors (Lipinski definition) is 3. The van der Waals surface area contributed by atoms with Crippen molar-refractivity contribution in [1.82, 2.24) is 4.72 Å². The molecule has 0 radical (unpaired) electrons. The zero-order chi connectivity index (χ0) is 12.0. The van der Waals surface area contributed by atoms with Crippen molar-refractivity contribution in [3.8, 4) is 0 Å². The van der Waals surface area contributed by atoms with Crippen LogP contribution in [0.2, 0.25) is 0 Å². The molecule has 1 unspecified atom stereocenters. The third kappa shape index (κ3) is 5.27. The molecule has 0 bridgehead atoms. The molecule has 5 heteroatoms. The van der Waals surface area contributed by atoms with Crippen molar-refractivity contribution in [2.75, 3.05) is 19.4 Å². The predicted molar refractivity (Wildman–Crippen MR) is 64.8 cm³/mol. The second-order valence-corrected chi connectivity index (χ2v) is 6.53. The van der Waals surface area contributed by atoms with Crippen molar-refractivity contribution in [2.45, 2.75) is 45.1 Å². The van der Waals surface area contributed by atoms with E-state index in [-0.39, 0.29) is 11.9 Å². The Bertz CT molecular complexity index is 284. The molecule has 0 saturated heterocycles. The van der Waals surface area contributed by atoms with Crippen LogP contribution in [0, 0.1) is 5.92 Å². The SMILES string of the molecule is COC(C)CNS(=O)(=O)CC1CCCCC1. The van der Waals surface area contributed by atoms with E-state index in [1.165, 1.54) is 19.3 Å². The average Bonchev–Trinajstić information content (AvgIpc) is 2.27. The van der Waals surface area contributed by atoms with E-state index < -0.39 is 10.0 Å². The van der Waals surface area contributed by atoms with E-state index in [2.05, 4.69) is 4.72 Å². The average molecular weight is 249 g/mol. The lowest BCUT2D eigenvalue weighted by atomic mass is 9.91. The Labute approximate surface area is 98.8 Å². The molecule has 0 aromatic heterocycles. The lowest BCUT2D eigenvalue weighted by Crippen LogP contribution is -2.35. The second-order valence-electron chi connectivity index (χ2n) is 4.68. The summed E-state index contributed by atoms with van der Waals surface area (Å²) in [4.78, 5) is 0. The fourth-order valence-electron chi connectivity index (χ4n) is 2.05. The number of ether oxygens (including phenoxy) is 1. The maximum Gasteiger partial charge on any atom is 0.211 e. The molecule has 4 nitrogen and oxygen atoms in total. The minimum absolute atomic E-state index is 0.0684. The Hall–Kier alpha value is -0.130. The van der Waals surface area contributed by atoms with E-state index in [9.17, 15) is 8.42 Å². The van der Waals surface area contributed by atoms with Gasteiger partial charge in [-0.05, 0) is 25.7 Å². The largest absolute Gasteiger partial charge is 0.380 e. The smallest absolute Gasteiger partial charge is 0.211 e. The highest BCUT2D eigenvalue weighted by atomic mass is 32.2. The third-order valence-corrected chi connectivity index (χ3v) is 4.69. The number of rotatable bonds is 6. The first kappa shape index (κ1) is 13.9. The molecule has 96 valence electrons. The van der Waals surface area contributed by atoms with Crippen LogP contribution in [0.25, 0.3) is 0 Å². The van der Waals surface area contributed by atoms with Gasteiger partial charge < -0.3 is 4.74 Å². The zero-order valence-corrected chi connectivity index (χ0v) is 11.1. The van der Waals surface area contributed by atoms with Crippen LogP contribution in [-0.4, -0.2) is 33.9 Å². The van der Waals surface area contributed by atoms with Gasteiger partial charge in [0, 0.05) is 13.7 Å². The quantitative estimate of drug-likeness (QED) is 0.776. The molecule has 16 heavy (non-hydrogen) atoms. The zero-order valence-electron chi connectivity index (χ0n) is 10.2. The minimum atomic E-state index is -3.12. The van der Waals surface area contributed by atoms with Crippen molar-refractivity contribution in [3.05, 3.63) is 0 Å². The number of nitrogens with one attached hydrogen (secondary N) is 1. The molecule has 1 saturated carbocycles. The monoisotopic (exact) mass is 249 g/mol. The molecule has 0 spiro atoms. The van der Waals surface area contributed by atoms with Crippen LogP contribution >= 0.6 is 0 Å². The van der Waals surface area contributed by atoms with Crippen molar-refractivity contribution in [1.29, 1.82) is 0 Å². The molecule has 1 aliphatic carbocycles. The molecular formula is C11H23NO3S. The maximum absolute atomic E-state index is 11.8. The highest BCUT2D eigenvalue weighted by molar-refractivity contribution is 7.89. The van der Waals surface area contributed by atoms with E-state index in [4.69, 9.17) is 4.74 Å². The van der Waals surface area contributed by atoms with Gasteiger partial charge in [-0.1, -0.05) is 19.3 Å². The predicted octanol–water partition coefficient (Wildman–Crippen LogP) is 1.52. The molecule has 1 N–H and O–H groups in total. The molecule has 0 amide bonds. The normalized spacial score (nSPS) is 20.9. The van der Waals surface area contributed by atoms with Gasteiger partial charge >= 0.3 is 0 Å². The first-order valence-corrected chi connectivity index (χ1v) is 7.69. The van der Waals surface area contributed by atoms with E-state index >= 15 is 0 Å². The highest BCUT2D eigenvalue weighted by Gasteiger charge is 2.21. The summed E-state index contributed by atoms with van der Waals surface area (Å²) in [5.41, 5.74) is 0. The standard InChI is InChI=1S/C11H23NO3S/c1-10(15-2)8-12-16(13,14)9-11-6-4-3-5-7-11/h10-12H,3-9H2,1-2H3. The first-order chi connectivity index (χ1) is 7.53. The summed E-state index contributed by atoms with van der Waals surface area (Å²) < 4.78 is 31.1. The van der Waals surface area contributed by atoms with Gasteiger partial charge in [0.15, 0.2) is 0 Å². The van der Waals surface area contributed by atoms with Crippen LogP contribution in [0.1, 0.15) is 39.0 Å². The van der Waals surface area contributed by atoms with Crippen LogP contribution in [0.3, 0.4) is 0 Å². The van der Waals surface area contributed by atoms with Gasteiger partial charge in [-0.2, -0.15) is 0 Å². The summed E-state index contributed by atoms with van der Waals surface area (Å²) in [6.45, 7) is 2.22. The Balaban J connectivity index is 2.32. The molecule has 1 rings (SSSR count). The van der Waals surface area contributed by atoms with Gasteiger partial charge in [-0.15, -0.1) is 0 Å². The molecule has 0 heterocycles. The Morgan fingerprint density at radius 3 is 2.50 bits per heavy atom. The molecule has 0 aromatic carbocycles. The lowest BCUT2D eigenvalue weighted by Gasteiger charge is -2.21. The number of methoxy groups -OCH3 is 1. The van der Waals surface area contributed by atoms with Crippen LogP contribution in [-0.2, 0) is 14.8 Å². The van der Waals surface area contributed by atoms with Crippen LogP contribution in [0.4, 0.5) is 0 Å². The topological polar surface area (TPSA) is 55.4 Å². The fourth-order valence-corrected chi connectivity index (χ4v) is 3.61. The van der Waals surface area contributed by atoms with E-state index in [1.54, 1.807) is 7.11 Å². The highest BCUT2D eigenvalue weighted by Crippen LogP contribution is 2.24. The van der Waals surface area contributed by atoms with Crippen molar-refractivity contribution >= 4 is 10.0 Å². The van der Waals surface area contributed by atoms with Crippen molar-refractivity contribution in [3.63, 3.8) is 0 Å². The summed E-state index contributed by atoms with van der Waals surface area (Å²) in [7, 11) is -1.53. The summed E-state index contributed by atoms with van der Waals surface area (Å²) in [6, 6.07) is 0. The number of hydrogen-bond donors (Lipinski definition) is 1. The summed E-state index contributed by atoms with van der Waals surface area (Å²) in [6.07, 6.45) is 5.65. The maximum atomic E-state index is 11.8. The number of sulfonamides is 1. The summed E-state index contributed by atoms with van der Waals surface area (Å²) >= 11 is 0. The summed E-state index contributed by atoms with van der Waals surface area (Å²) in [5.74, 6) is 0.632. The molecule has 1 atom stereocenters. The van der Waals surface area contributed by atoms with E-state index in [0.29, 0.717) is 12.5 Å². The van der Waals surface area contributed by atoms with E-state index in [0.717, 1.165) is 12.8 Å². The lowest BCUT2D eigenvalue weighted by molar-refractivity contribution is 0.122. The third-order valence-electron chi connectivity index (χ3n) is 3.17. The summed E-state index contributed by atoms with van der Waals surface area (Å²) in [5, 5.41) is 0.